The molecule has 1 aliphatic heterocycles. The molecule has 0 saturated heterocycles. The quantitative estimate of drug-likeness (QED) is 0.792. The summed E-state index contributed by atoms with van der Waals surface area (Å²) in [6.45, 7) is 1.17. The molecule has 0 amide bonds. The van der Waals surface area contributed by atoms with Crippen LogP contribution < -0.4 is 5.14 Å². The summed E-state index contributed by atoms with van der Waals surface area (Å²) in [7, 11) is -3.71. The summed E-state index contributed by atoms with van der Waals surface area (Å²) < 4.78 is 29.8. The SMILES string of the molecule is NS(=O)(=O)c1cc2n(n1)CCO[C@H]2C1CC1. The van der Waals surface area contributed by atoms with E-state index in [0.29, 0.717) is 19.1 Å². The lowest BCUT2D eigenvalue weighted by molar-refractivity contribution is 0.00273. The fourth-order valence-corrected chi connectivity index (χ4v) is 2.58. The third-order valence-corrected chi connectivity index (χ3v) is 3.80. The molecule has 2 heterocycles. The van der Waals surface area contributed by atoms with Gasteiger partial charge in [-0.05, 0) is 18.8 Å². The largest absolute Gasteiger partial charge is 0.370 e. The maximum atomic E-state index is 11.2. The number of primary sulfonamides is 1. The van der Waals surface area contributed by atoms with Gasteiger partial charge in [-0.2, -0.15) is 5.10 Å². The zero-order chi connectivity index (χ0) is 11.3. The summed E-state index contributed by atoms with van der Waals surface area (Å²) in [6.07, 6.45) is 2.28. The van der Waals surface area contributed by atoms with Gasteiger partial charge in [-0.25, -0.2) is 13.6 Å². The first-order valence-electron chi connectivity index (χ1n) is 5.28. The van der Waals surface area contributed by atoms with Gasteiger partial charge in [-0.1, -0.05) is 0 Å². The fraction of sp³-hybridized carbons (Fsp3) is 0.667. The number of rotatable bonds is 2. The topological polar surface area (TPSA) is 87.2 Å². The van der Waals surface area contributed by atoms with Crippen LogP contribution in [-0.4, -0.2) is 24.8 Å². The molecule has 1 atom stereocenters. The highest BCUT2D eigenvalue weighted by atomic mass is 32.2. The molecule has 0 spiro atoms. The van der Waals surface area contributed by atoms with Crippen molar-refractivity contribution in [3.8, 4) is 0 Å². The first-order valence-corrected chi connectivity index (χ1v) is 6.82. The van der Waals surface area contributed by atoms with Gasteiger partial charge in [0.05, 0.1) is 18.8 Å². The van der Waals surface area contributed by atoms with Crippen molar-refractivity contribution in [2.24, 2.45) is 11.1 Å². The van der Waals surface area contributed by atoms with Crippen LogP contribution in [0, 0.1) is 5.92 Å². The Kier molecular flexibility index (Phi) is 2.10. The van der Waals surface area contributed by atoms with Gasteiger partial charge in [0.2, 0.25) is 0 Å². The zero-order valence-corrected chi connectivity index (χ0v) is 9.48. The lowest BCUT2D eigenvalue weighted by Gasteiger charge is -2.23. The molecule has 0 unspecified atom stereocenters. The molecular weight excluding hydrogens is 230 g/mol. The highest BCUT2D eigenvalue weighted by molar-refractivity contribution is 7.89. The summed E-state index contributed by atoms with van der Waals surface area (Å²) in [5.74, 6) is 0.518. The molecule has 2 N–H and O–H groups in total. The minimum Gasteiger partial charge on any atom is -0.370 e. The third kappa shape index (κ3) is 1.64. The number of nitrogens with two attached hydrogens (primary N) is 1. The van der Waals surface area contributed by atoms with Crippen molar-refractivity contribution in [1.82, 2.24) is 9.78 Å². The average molecular weight is 243 g/mol. The third-order valence-electron chi connectivity index (χ3n) is 3.02. The smallest absolute Gasteiger partial charge is 0.257 e. The maximum absolute atomic E-state index is 11.2. The highest BCUT2D eigenvalue weighted by Crippen LogP contribution is 2.44. The van der Waals surface area contributed by atoms with E-state index in [1.807, 2.05) is 0 Å². The van der Waals surface area contributed by atoms with Gasteiger partial charge >= 0.3 is 0 Å². The summed E-state index contributed by atoms with van der Waals surface area (Å²) in [5, 5.41) is 9.01. The normalized spacial score (nSPS) is 25.4. The predicted octanol–water partition coefficient (Wildman–Crippen LogP) is 0.0118. The van der Waals surface area contributed by atoms with Crippen LogP contribution in [0.4, 0.5) is 0 Å². The van der Waals surface area contributed by atoms with Crippen molar-refractivity contribution in [1.29, 1.82) is 0 Å². The van der Waals surface area contributed by atoms with E-state index in [1.165, 1.54) is 6.07 Å². The Labute approximate surface area is 93.4 Å². The Morgan fingerprint density at radius 1 is 1.50 bits per heavy atom. The van der Waals surface area contributed by atoms with Crippen LogP contribution >= 0.6 is 0 Å². The molecule has 1 aromatic heterocycles. The number of sulfonamides is 1. The van der Waals surface area contributed by atoms with E-state index in [-0.39, 0.29) is 11.1 Å². The summed E-state index contributed by atoms with van der Waals surface area (Å²) in [6, 6.07) is 1.54. The van der Waals surface area contributed by atoms with Gasteiger partial charge in [-0.3, -0.25) is 4.68 Å². The molecule has 1 aliphatic carbocycles. The van der Waals surface area contributed by atoms with Crippen LogP contribution in [0.2, 0.25) is 0 Å². The standard InChI is InChI=1S/C9H13N3O3S/c10-16(13,14)8-5-7-9(6-1-2-6)15-4-3-12(7)11-8/h5-6,9H,1-4H2,(H2,10,13,14)/t9-/m0/s1. The van der Waals surface area contributed by atoms with E-state index >= 15 is 0 Å². The maximum Gasteiger partial charge on any atom is 0.257 e. The summed E-state index contributed by atoms with van der Waals surface area (Å²) in [4.78, 5) is 0. The van der Waals surface area contributed by atoms with Crippen LogP contribution in [0.5, 0.6) is 0 Å². The Morgan fingerprint density at radius 3 is 2.88 bits per heavy atom. The molecular formula is C9H13N3O3S. The van der Waals surface area contributed by atoms with Crippen molar-refractivity contribution < 1.29 is 13.2 Å². The summed E-state index contributed by atoms with van der Waals surface area (Å²) in [5.41, 5.74) is 0.845. The van der Waals surface area contributed by atoms with E-state index < -0.39 is 10.0 Å². The van der Waals surface area contributed by atoms with Crippen molar-refractivity contribution in [3.05, 3.63) is 11.8 Å². The predicted molar refractivity (Wildman–Crippen MR) is 55.0 cm³/mol. The summed E-state index contributed by atoms with van der Waals surface area (Å²) >= 11 is 0. The Balaban J connectivity index is 2.04. The Morgan fingerprint density at radius 2 is 2.25 bits per heavy atom. The van der Waals surface area contributed by atoms with Crippen LogP contribution in [-0.2, 0) is 21.3 Å². The molecule has 0 radical (unpaired) electrons. The minimum absolute atomic E-state index is 0.00301. The molecule has 88 valence electrons. The van der Waals surface area contributed by atoms with Gasteiger partial charge in [0.1, 0.15) is 6.10 Å². The lowest BCUT2D eigenvalue weighted by atomic mass is 10.1. The van der Waals surface area contributed by atoms with Crippen molar-refractivity contribution in [3.63, 3.8) is 0 Å². The van der Waals surface area contributed by atoms with Crippen LogP contribution in [0.25, 0.3) is 0 Å². The van der Waals surface area contributed by atoms with E-state index in [1.54, 1.807) is 4.68 Å². The number of fused-ring (bicyclic) bond motifs is 1. The van der Waals surface area contributed by atoms with Crippen molar-refractivity contribution in [2.45, 2.75) is 30.5 Å². The molecule has 2 aliphatic rings. The van der Waals surface area contributed by atoms with E-state index in [0.717, 1.165) is 18.5 Å². The van der Waals surface area contributed by atoms with Crippen LogP contribution in [0.15, 0.2) is 11.1 Å². The Hall–Kier alpha value is -0.920. The van der Waals surface area contributed by atoms with Gasteiger partial charge in [-0.15, -0.1) is 0 Å². The lowest BCUT2D eigenvalue weighted by Crippen LogP contribution is -2.23. The molecule has 6 nitrogen and oxygen atoms in total. The van der Waals surface area contributed by atoms with Gasteiger partial charge in [0.15, 0.2) is 5.03 Å². The second-order valence-corrected chi connectivity index (χ2v) is 5.81. The van der Waals surface area contributed by atoms with Crippen LogP contribution in [0.1, 0.15) is 24.6 Å². The van der Waals surface area contributed by atoms with Gasteiger partial charge in [0, 0.05) is 6.07 Å². The molecule has 1 fully saturated rings. The number of nitrogens with zero attached hydrogens (tertiary/aromatic N) is 2. The molecule has 0 bridgehead atoms. The number of ether oxygens (including phenoxy) is 1. The van der Waals surface area contributed by atoms with Crippen molar-refractivity contribution >= 4 is 10.0 Å². The second kappa shape index (κ2) is 3.28. The van der Waals surface area contributed by atoms with Crippen LogP contribution in [0.3, 0.4) is 0 Å². The highest BCUT2D eigenvalue weighted by Gasteiger charge is 2.38. The van der Waals surface area contributed by atoms with E-state index in [2.05, 4.69) is 5.10 Å². The fourth-order valence-electron chi connectivity index (χ4n) is 2.08. The van der Waals surface area contributed by atoms with Gasteiger partial charge in [0.25, 0.3) is 10.0 Å². The molecule has 16 heavy (non-hydrogen) atoms. The molecule has 0 aromatic carbocycles. The molecule has 1 saturated carbocycles. The van der Waals surface area contributed by atoms with E-state index in [9.17, 15) is 8.42 Å². The zero-order valence-electron chi connectivity index (χ0n) is 8.67. The van der Waals surface area contributed by atoms with Crippen molar-refractivity contribution in [2.75, 3.05) is 6.61 Å². The number of aromatic nitrogens is 2. The first-order chi connectivity index (χ1) is 7.55. The first kappa shape index (κ1) is 10.2. The van der Waals surface area contributed by atoms with Gasteiger partial charge < -0.3 is 4.74 Å². The van der Waals surface area contributed by atoms with E-state index in [4.69, 9.17) is 9.88 Å². The number of hydrogen-bond donors (Lipinski definition) is 1. The number of hydrogen-bond acceptors (Lipinski definition) is 4. The minimum atomic E-state index is -3.71. The molecule has 7 heteroatoms. The monoisotopic (exact) mass is 243 g/mol. The second-order valence-electron chi connectivity index (χ2n) is 4.30. The molecule has 3 rings (SSSR count). The average Bonchev–Trinajstić information content (AvgIpc) is 2.93. The molecule has 1 aromatic rings. The Bertz CT molecular complexity index is 518.